The van der Waals surface area contributed by atoms with Gasteiger partial charge in [-0.1, -0.05) is 6.07 Å². The molecule has 3 N–H and O–H groups in total. The number of benzene rings is 1. The zero-order valence-corrected chi connectivity index (χ0v) is 10.9. The Balaban J connectivity index is 2.93. The topological polar surface area (TPSA) is 94.8 Å². The molecule has 0 saturated heterocycles. The Bertz CT molecular complexity index is 443. The minimum Gasteiger partial charge on any atom is -0.481 e. The molecule has 1 atom stereocenters. The van der Waals surface area contributed by atoms with Crippen LogP contribution in [0.1, 0.15) is 23.7 Å². The predicted octanol–water partition coefficient (Wildman–Crippen LogP) is 1.43. The first-order valence-electron chi connectivity index (χ1n) is 4.82. The van der Waals surface area contributed by atoms with E-state index in [1.165, 1.54) is 6.07 Å². The molecule has 1 unspecified atom stereocenters. The molecule has 0 aromatic heterocycles. The van der Waals surface area contributed by atoms with Crippen LogP contribution in [0, 0.1) is 3.57 Å². The van der Waals surface area contributed by atoms with E-state index in [2.05, 4.69) is 0 Å². The fourth-order valence-corrected chi connectivity index (χ4v) is 2.13. The molecular formula is C11H11IO5. The Morgan fingerprint density at radius 3 is 2.41 bits per heavy atom. The van der Waals surface area contributed by atoms with Gasteiger partial charge in [-0.2, -0.15) is 0 Å². The summed E-state index contributed by atoms with van der Waals surface area (Å²) >= 11 is 1.99. The van der Waals surface area contributed by atoms with E-state index in [-0.39, 0.29) is 12.0 Å². The molecule has 17 heavy (non-hydrogen) atoms. The van der Waals surface area contributed by atoms with Crippen molar-refractivity contribution in [2.45, 2.75) is 18.9 Å². The second kappa shape index (κ2) is 5.97. The number of aliphatic hydroxyl groups excluding tert-OH is 1. The maximum Gasteiger partial charge on any atom is 0.337 e. The van der Waals surface area contributed by atoms with E-state index in [4.69, 9.17) is 10.2 Å². The van der Waals surface area contributed by atoms with Gasteiger partial charge in [0.05, 0.1) is 0 Å². The standard InChI is InChI=1S/C11H11IO5/c12-8-4-6(1-2-9(13)14)3-7(5-8)10(15)11(16)17/h3-5,10,15H,1-2H2,(H,13,14)(H,16,17). The maximum atomic E-state index is 10.6. The van der Waals surface area contributed by atoms with E-state index in [1.807, 2.05) is 22.6 Å². The summed E-state index contributed by atoms with van der Waals surface area (Å²) in [6, 6.07) is 4.84. The van der Waals surface area contributed by atoms with Gasteiger partial charge in [0.25, 0.3) is 0 Å². The second-order valence-electron chi connectivity index (χ2n) is 3.53. The molecule has 0 radical (unpaired) electrons. The van der Waals surface area contributed by atoms with Crippen molar-refractivity contribution in [3.63, 3.8) is 0 Å². The molecule has 1 aromatic carbocycles. The lowest BCUT2D eigenvalue weighted by atomic mass is 10.0. The molecule has 0 amide bonds. The van der Waals surface area contributed by atoms with Crippen LogP contribution in [-0.4, -0.2) is 27.3 Å². The van der Waals surface area contributed by atoms with E-state index >= 15 is 0 Å². The van der Waals surface area contributed by atoms with Gasteiger partial charge in [-0.3, -0.25) is 4.79 Å². The summed E-state index contributed by atoms with van der Waals surface area (Å²) in [4.78, 5) is 21.1. The Morgan fingerprint density at radius 2 is 1.88 bits per heavy atom. The number of aliphatic hydroxyl groups is 1. The first kappa shape index (κ1) is 13.9. The van der Waals surface area contributed by atoms with Gasteiger partial charge in [-0.05, 0) is 52.3 Å². The molecule has 0 spiro atoms. The summed E-state index contributed by atoms with van der Waals surface area (Å²) in [5.41, 5.74) is 0.972. The van der Waals surface area contributed by atoms with E-state index in [0.717, 1.165) is 3.57 Å². The summed E-state index contributed by atoms with van der Waals surface area (Å²) < 4.78 is 0.765. The van der Waals surface area contributed by atoms with Gasteiger partial charge in [-0.25, -0.2) is 4.79 Å². The van der Waals surface area contributed by atoms with Gasteiger partial charge >= 0.3 is 11.9 Å². The molecule has 0 saturated carbocycles. The first-order valence-corrected chi connectivity index (χ1v) is 5.90. The largest absolute Gasteiger partial charge is 0.481 e. The molecule has 5 nitrogen and oxygen atoms in total. The van der Waals surface area contributed by atoms with E-state index in [0.29, 0.717) is 12.0 Å². The smallest absolute Gasteiger partial charge is 0.337 e. The quantitative estimate of drug-likeness (QED) is 0.699. The molecule has 0 aliphatic carbocycles. The lowest BCUT2D eigenvalue weighted by Crippen LogP contribution is -2.11. The van der Waals surface area contributed by atoms with Gasteiger partial charge in [0.2, 0.25) is 0 Å². The van der Waals surface area contributed by atoms with Crippen molar-refractivity contribution in [1.29, 1.82) is 0 Å². The Labute approximate surface area is 111 Å². The van der Waals surface area contributed by atoms with Crippen LogP contribution in [0.2, 0.25) is 0 Å². The van der Waals surface area contributed by atoms with Crippen LogP contribution >= 0.6 is 22.6 Å². The molecular weight excluding hydrogens is 339 g/mol. The molecule has 0 bridgehead atoms. The Kier molecular flexibility index (Phi) is 4.88. The molecule has 1 rings (SSSR count). The van der Waals surface area contributed by atoms with Crippen molar-refractivity contribution in [1.82, 2.24) is 0 Å². The number of carboxylic acids is 2. The maximum absolute atomic E-state index is 10.6. The number of hydrogen-bond acceptors (Lipinski definition) is 3. The van der Waals surface area contributed by atoms with Gasteiger partial charge in [-0.15, -0.1) is 0 Å². The SMILES string of the molecule is O=C(O)CCc1cc(I)cc(C(O)C(=O)O)c1. The highest BCUT2D eigenvalue weighted by molar-refractivity contribution is 14.1. The predicted molar refractivity (Wildman–Crippen MR) is 67.7 cm³/mol. The zero-order valence-electron chi connectivity index (χ0n) is 8.76. The van der Waals surface area contributed by atoms with E-state index < -0.39 is 18.0 Å². The molecule has 92 valence electrons. The van der Waals surface area contributed by atoms with E-state index in [9.17, 15) is 14.7 Å². The number of carboxylic acid groups (broad SMARTS) is 2. The average Bonchev–Trinajstić information content (AvgIpc) is 2.24. The Hall–Kier alpha value is -1.15. The zero-order chi connectivity index (χ0) is 13.0. The summed E-state index contributed by atoms with van der Waals surface area (Å²) in [5, 5.41) is 26.7. The van der Waals surface area contributed by atoms with Crippen LogP contribution in [0.3, 0.4) is 0 Å². The molecule has 6 heteroatoms. The van der Waals surface area contributed by atoms with Crippen molar-refractivity contribution in [2.24, 2.45) is 0 Å². The highest BCUT2D eigenvalue weighted by Crippen LogP contribution is 2.20. The lowest BCUT2D eigenvalue weighted by Gasteiger charge is -2.09. The fraction of sp³-hybridized carbons (Fsp3) is 0.273. The number of carbonyl (C=O) groups is 2. The summed E-state index contributed by atoms with van der Waals surface area (Å²) in [5.74, 6) is -2.24. The summed E-state index contributed by atoms with van der Waals surface area (Å²) in [7, 11) is 0. The van der Waals surface area contributed by atoms with Crippen LogP contribution in [-0.2, 0) is 16.0 Å². The van der Waals surface area contributed by atoms with Crippen LogP contribution in [0.15, 0.2) is 18.2 Å². The number of hydrogen-bond donors (Lipinski definition) is 3. The lowest BCUT2D eigenvalue weighted by molar-refractivity contribution is -0.147. The van der Waals surface area contributed by atoms with E-state index in [1.54, 1.807) is 12.1 Å². The normalized spacial score (nSPS) is 12.1. The van der Waals surface area contributed by atoms with Crippen molar-refractivity contribution in [2.75, 3.05) is 0 Å². The number of aliphatic carboxylic acids is 2. The number of aryl methyl sites for hydroxylation is 1. The van der Waals surface area contributed by atoms with Crippen LogP contribution < -0.4 is 0 Å². The number of halogens is 1. The van der Waals surface area contributed by atoms with Gasteiger partial charge in [0, 0.05) is 9.99 Å². The minimum atomic E-state index is -1.58. The summed E-state index contributed by atoms with van der Waals surface area (Å²) in [6.45, 7) is 0. The fourth-order valence-electron chi connectivity index (χ4n) is 1.37. The van der Waals surface area contributed by atoms with Crippen molar-refractivity contribution in [3.8, 4) is 0 Å². The Morgan fingerprint density at radius 1 is 1.24 bits per heavy atom. The molecule has 1 aromatic rings. The van der Waals surface area contributed by atoms with Gasteiger partial charge in [0.15, 0.2) is 6.10 Å². The van der Waals surface area contributed by atoms with Crippen LogP contribution in [0.4, 0.5) is 0 Å². The molecule has 0 heterocycles. The van der Waals surface area contributed by atoms with Crippen molar-refractivity contribution in [3.05, 3.63) is 32.9 Å². The van der Waals surface area contributed by atoms with Crippen molar-refractivity contribution >= 4 is 34.5 Å². The number of rotatable bonds is 5. The van der Waals surface area contributed by atoms with Crippen molar-refractivity contribution < 1.29 is 24.9 Å². The monoisotopic (exact) mass is 350 g/mol. The molecule has 0 aliphatic rings. The third kappa shape index (κ3) is 4.31. The average molecular weight is 350 g/mol. The van der Waals surface area contributed by atoms with Gasteiger partial charge < -0.3 is 15.3 Å². The second-order valence-corrected chi connectivity index (χ2v) is 4.77. The highest BCUT2D eigenvalue weighted by atomic mass is 127. The first-order chi connectivity index (χ1) is 7.90. The highest BCUT2D eigenvalue weighted by Gasteiger charge is 2.17. The minimum absolute atomic E-state index is 0.0251. The third-order valence-corrected chi connectivity index (χ3v) is 2.78. The van der Waals surface area contributed by atoms with Gasteiger partial charge in [0.1, 0.15) is 0 Å². The van der Waals surface area contributed by atoms with Crippen LogP contribution in [0.25, 0.3) is 0 Å². The molecule has 0 aliphatic heterocycles. The summed E-state index contributed by atoms with van der Waals surface area (Å²) in [6.07, 6.45) is -1.29. The third-order valence-electron chi connectivity index (χ3n) is 2.16. The molecule has 0 fully saturated rings. The van der Waals surface area contributed by atoms with Crippen LogP contribution in [0.5, 0.6) is 0 Å².